The van der Waals surface area contributed by atoms with Crippen LogP contribution in [0.2, 0.25) is 0 Å². The summed E-state index contributed by atoms with van der Waals surface area (Å²) in [6.45, 7) is 0. The Balaban J connectivity index is 1.91. The van der Waals surface area contributed by atoms with Crippen molar-refractivity contribution in [3.63, 3.8) is 0 Å². The number of carbonyl (C=O) groups is 1. The molecule has 92 valence electrons. The van der Waals surface area contributed by atoms with Crippen LogP contribution < -0.4 is 5.32 Å². The highest BCUT2D eigenvalue weighted by molar-refractivity contribution is 5.82. The van der Waals surface area contributed by atoms with Gasteiger partial charge in [0, 0.05) is 6.04 Å². The molecule has 17 heavy (non-hydrogen) atoms. The molecule has 2 N–H and O–H groups in total. The number of hydrogen-bond donors (Lipinski definition) is 2. The summed E-state index contributed by atoms with van der Waals surface area (Å²) in [6.07, 6.45) is 4.63. The van der Waals surface area contributed by atoms with Crippen LogP contribution in [0, 0.1) is 0 Å². The summed E-state index contributed by atoms with van der Waals surface area (Å²) in [5, 5.41) is 12.8. The second-order valence-corrected chi connectivity index (χ2v) is 4.66. The lowest BCUT2D eigenvalue weighted by Gasteiger charge is -2.24. The Bertz CT molecular complexity index is 358. The maximum absolute atomic E-state index is 11.9. The Hall–Kier alpha value is -1.35. The lowest BCUT2D eigenvalue weighted by atomic mass is 9.95. The number of nitrogens with one attached hydrogen (secondary N) is 1. The molecule has 0 radical (unpaired) electrons. The van der Waals surface area contributed by atoms with Gasteiger partial charge in [-0.25, -0.2) is 0 Å². The van der Waals surface area contributed by atoms with Crippen LogP contribution in [0.3, 0.4) is 0 Å². The minimum absolute atomic E-state index is 0.245. The predicted octanol–water partition coefficient (Wildman–Crippen LogP) is 2.17. The van der Waals surface area contributed by atoms with E-state index in [9.17, 15) is 9.90 Å². The average molecular weight is 233 g/mol. The maximum atomic E-state index is 11.9. The van der Waals surface area contributed by atoms with Gasteiger partial charge in [-0.05, 0) is 18.4 Å². The number of benzene rings is 1. The van der Waals surface area contributed by atoms with Crippen molar-refractivity contribution in [3.05, 3.63) is 35.9 Å². The summed E-state index contributed by atoms with van der Waals surface area (Å²) in [6, 6.07) is 9.30. The van der Waals surface area contributed by atoms with Crippen molar-refractivity contribution in [2.75, 3.05) is 0 Å². The molecule has 1 aromatic carbocycles. The van der Waals surface area contributed by atoms with Crippen molar-refractivity contribution in [1.82, 2.24) is 5.32 Å². The molecular formula is C14H19NO2. The van der Waals surface area contributed by atoms with Crippen molar-refractivity contribution >= 4 is 5.91 Å². The van der Waals surface area contributed by atoms with Gasteiger partial charge in [0.1, 0.15) is 0 Å². The van der Waals surface area contributed by atoms with Crippen molar-refractivity contribution in [2.24, 2.45) is 0 Å². The third-order valence-corrected chi connectivity index (χ3v) is 3.32. The predicted molar refractivity (Wildman–Crippen MR) is 66.4 cm³/mol. The number of hydrogen-bond acceptors (Lipinski definition) is 2. The fraction of sp³-hybridized carbons (Fsp3) is 0.500. The van der Waals surface area contributed by atoms with E-state index in [4.69, 9.17) is 0 Å². The topological polar surface area (TPSA) is 49.3 Å². The molecule has 1 aromatic rings. The highest BCUT2D eigenvalue weighted by Gasteiger charge is 2.21. The van der Waals surface area contributed by atoms with E-state index in [1.807, 2.05) is 18.2 Å². The van der Waals surface area contributed by atoms with E-state index < -0.39 is 6.10 Å². The number of carbonyl (C=O) groups excluding carboxylic acids is 1. The summed E-state index contributed by atoms with van der Waals surface area (Å²) < 4.78 is 0. The largest absolute Gasteiger partial charge is 0.378 e. The lowest BCUT2D eigenvalue weighted by Crippen LogP contribution is -2.39. The molecule has 0 heterocycles. The second kappa shape index (κ2) is 5.82. The molecule has 1 saturated carbocycles. The SMILES string of the molecule is O=C(NC1CCCCC1)[C@H](O)c1ccccc1. The fourth-order valence-electron chi connectivity index (χ4n) is 2.31. The van der Waals surface area contributed by atoms with Crippen LogP contribution in [0.5, 0.6) is 0 Å². The van der Waals surface area contributed by atoms with Gasteiger partial charge < -0.3 is 10.4 Å². The summed E-state index contributed by atoms with van der Waals surface area (Å²) in [7, 11) is 0. The van der Waals surface area contributed by atoms with E-state index in [0.717, 1.165) is 12.8 Å². The summed E-state index contributed by atoms with van der Waals surface area (Å²) in [4.78, 5) is 11.9. The Morgan fingerprint density at radius 2 is 1.82 bits per heavy atom. The molecule has 0 aliphatic heterocycles. The van der Waals surface area contributed by atoms with Gasteiger partial charge in [-0.2, -0.15) is 0 Å². The maximum Gasteiger partial charge on any atom is 0.253 e. The number of rotatable bonds is 3. The molecule has 1 aliphatic carbocycles. The van der Waals surface area contributed by atoms with Gasteiger partial charge in [0.05, 0.1) is 0 Å². The smallest absolute Gasteiger partial charge is 0.253 e. The van der Waals surface area contributed by atoms with Gasteiger partial charge in [-0.1, -0.05) is 49.6 Å². The number of aliphatic hydroxyl groups excluding tert-OH is 1. The molecule has 0 unspecified atom stereocenters. The normalized spacial score (nSPS) is 18.6. The van der Waals surface area contributed by atoms with Crippen molar-refractivity contribution in [1.29, 1.82) is 0 Å². The van der Waals surface area contributed by atoms with Gasteiger partial charge >= 0.3 is 0 Å². The van der Waals surface area contributed by atoms with Crippen molar-refractivity contribution in [2.45, 2.75) is 44.2 Å². The van der Waals surface area contributed by atoms with Gasteiger partial charge in [0.2, 0.25) is 0 Å². The summed E-state index contributed by atoms with van der Waals surface area (Å²) >= 11 is 0. The number of aliphatic hydroxyl groups is 1. The zero-order valence-corrected chi connectivity index (χ0v) is 9.93. The molecule has 3 nitrogen and oxygen atoms in total. The molecule has 0 aromatic heterocycles. The quantitative estimate of drug-likeness (QED) is 0.840. The van der Waals surface area contributed by atoms with Gasteiger partial charge in [0.15, 0.2) is 6.10 Å². The Morgan fingerprint density at radius 3 is 2.47 bits per heavy atom. The molecule has 1 amide bonds. The van der Waals surface area contributed by atoms with Gasteiger partial charge in [-0.15, -0.1) is 0 Å². The highest BCUT2D eigenvalue weighted by Crippen LogP contribution is 2.19. The van der Waals surface area contributed by atoms with E-state index in [1.54, 1.807) is 12.1 Å². The van der Waals surface area contributed by atoms with Crippen LogP contribution in [-0.2, 0) is 4.79 Å². The summed E-state index contributed by atoms with van der Waals surface area (Å²) in [5.41, 5.74) is 0.654. The van der Waals surface area contributed by atoms with Crippen molar-refractivity contribution in [3.8, 4) is 0 Å². The van der Waals surface area contributed by atoms with E-state index in [0.29, 0.717) is 5.56 Å². The Kier molecular flexibility index (Phi) is 4.15. The Morgan fingerprint density at radius 1 is 1.18 bits per heavy atom. The molecule has 1 atom stereocenters. The molecule has 0 saturated heterocycles. The first kappa shape index (κ1) is 12.1. The summed E-state index contributed by atoms with van der Waals surface area (Å²) in [5.74, 6) is -0.275. The van der Waals surface area contributed by atoms with E-state index in [1.165, 1.54) is 19.3 Å². The molecule has 1 fully saturated rings. The fourth-order valence-corrected chi connectivity index (χ4v) is 2.31. The van der Waals surface area contributed by atoms with E-state index in [-0.39, 0.29) is 11.9 Å². The van der Waals surface area contributed by atoms with Gasteiger partial charge in [0.25, 0.3) is 5.91 Å². The van der Waals surface area contributed by atoms with E-state index >= 15 is 0 Å². The monoisotopic (exact) mass is 233 g/mol. The van der Waals surface area contributed by atoms with Gasteiger partial charge in [-0.3, -0.25) is 4.79 Å². The third kappa shape index (κ3) is 3.30. The zero-order chi connectivity index (χ0) is 12.1. The van der Waals surface area contributed by atoms with Crippen LogP contribution in [0.15, 0.2) is 30.3 Å². The van der Waals surface area contributed by atoms with E-state index in [2.05, 4.69) is 5.32 Å². The standard InChI is InChI=1S/C14H19NO2/c16-13(11-7-3-1-4-8-11)14(17)15-12-9-5-2-6-10-12/h1,3-4,7-8,12-13,16H,2,5-6,9-10H2,(H,15,17)/t13-/m1/s1. The van der Waals surface area contributed by atoms with Crippen LogP contribution in [-0.4, -0.2) is 17.1 Å². The second-order valence-electron chi connectivity index (χ2n) is 4.66. The Labute approximate surface area is 102 Å². The first-order valence-corrected chi connectivity index (χ1v) is 6.31. The minimum atomic E-state index is -1.04. The molecule has 3 heteroatoms. The van der Waals surface area contributed by atoms with Crippen LogP contribution in [0.1, 0.15) is 43.8 Å². The van der Waals surface area contributed by atoms with Crippen molar-refractivity contribution < 1.29 is 9.90 Å². The number of amides is 1. The first-order chi connectivity index (χ1) is 8.27. The molecule has 2 rings (SSSR count). The van der Waals surface area contributed by atoms with Crippen LogP contribution in [0.4, 0.5) is 0 Å². The third-order valence-electron chi connectivity index (χ3n) is 3.32. The molecule has 0 bridgehead atoms. The average Bonchev–Trinajstić information content (AvgIpc) is 2.40. The zero-order valence-electron chi connectivity index (χ0n) is 9.93. The van der Waals surface area contributed by atoms with Crippen LogP contribution >= 0.6 is 0 Å². The first-order valence-electron chi connectivity index (χ1n) is 6.31. The minimum Gasteiger partial charge on any atom is -0.378 e. The molecule has 0 spiro atoms. The lowest BCUT2D eigenvalue weighted by molar-refractivity contribution is -0.130. The molecular weight excluding hydrogens is 214 g/mol. The highest BCUT2D eigenvalue weighted by atomic mass is 16.3. The molecule has 1 aliphatic rings. The van der Waals surface area contributed by atoms with Crippen LogP contribution in [0.25, 0.3) is 0 Å².